The van der Waals surface area contributed by atoms with Gasteiger partial charge in [0.15, 0.2) is 0 Å². The van der Waals surface area contributed by atoms with Gasteiger partial charge < -0.3 is 5.32 Å². The number of amides is 1. The first-order chi connectivity index (χ1) is 9.86. The molecule has 1 fully saturated rings. The maximum absolute atomic E-state index is 12.2. The van der Waals surface area contributed by atoms with Crippen molar-refractivity contribution in [2.45, 2.75) is 32.4 Å². The minimum Gasteiger partial charge on any atom is -0.352 e. The number of carbonyl (C=O) groups is 1. The lowest BCUT2D eigenvalue weighted by atomic mass is 9.97. The second-order valence-corrected chi connectivity index (χ2v) is 7.56. The average molecular weight is 314 g/mol. The molecule has 1 aliphatic heterocycles. The van der Waals surface area contributed by atoms with Gasteiger partial charge in [0, 0.05) is 37.4 Å². The van der Waals surface area contributed by atoms with E-state index in [2.05, 4.69) is 10.4 Å². The Bertz CT molecular complexity index is 562. The number of sulfonamides is 1. The van der Waals surface area contributed by atoms with Gasteiger partial charge in [-0.3, -0.25) is 9.48 Å². The van der Waals surface area contributed by atoms with Gasteiger partial charge in [0.2, 0.25) is 15.9 Å². The standard InChI is InChI=1S/C13H22N4O3S/c1-11(10-16-7-3-6-14-16)15-13(18)12-4-8-17(9-5-12)21(2,19)20/h3,6-7,11-12H,4-5,8-10H2,1-2H3,(H,15,18)/t11-/m0/s1. The largest absolute Gasteiger partial charge is 0.352 e. The molecule has 0 spiro atoms. The molecule has 0 unspecified atom stereocenters. The number of rotatable bonds is 5. The van der Waals surface area contributed by atoms with Crippen molar-refractivity contribution in [3.8, 4) is 0 Å². The number of hydrogen-bond acceptors (Lipinski definition) is 4. The zero-order valence-electron chi connectivity index (χ0n) is 12.4. The second-order valence-electron chi connectivity index (χ2n) is 5.57. The predicted octanol–water partition coefficient (Wildman–Crippen LogP) is 0.0594. The topological polar surface area (TPSA) is 84.3 Å². The summed E-state index contributed by atoms with van der Waals surface area (Å²) < 4.78 is 26.1. The summed E-state index contributed by atoms with van der Waals surface area (Å²) in [5, 5.41) is 7.08. The number of nitrogens with zero attached hydrogens (tertiary/aromatic N) is 3. The van der Waals surface area contributed by atoms with Crippen molar-refractivity contribution in [3.05, 3.63) is 18.5 Å². The highest BCUT2D eigenvalue weighted by Gasteiger charge is 2.29. The van der Waals surface area contributed by atoms with Crippen LogP contribution in [0.15, 0.2) is 18.5 Å². The van der Waals surface area contributed by atoms with E-state index in [-0.39, 0.29) is 17.9 Å². The van der Waals surface area contributed by atoms with E-state index < -0.39 is 10.0 Å². The zero-order valence-corrected chi connectivity index (χ0v) is 13.2. The van der Waals surface area contributed by atoms with Crippen LogP contribution in [0.2, 0.25) is 0 Å². The van der Waals surface area contributed by atoms with Crippen molar-refractivity contribution in [1.29, 1.82) is 0 Å². The minimum absolute atomic E-state index is 0.00260. The van der Waals surface area contributed by atoms with Crippen molar-refractivity contribution >= 4 is 15.9 Å². The molecule has 0 aromatic carbocycles. The number of piperidine rings is 1. The van der Waals surface area contributed by atoms with Crippen LogP contribution in [0.4, 0.5) is 0 Å². The third-order valence-electron chi connectivity index (χ3n) is 3.70. The fourth-order valence-corrected chi connectivity index (χ4v) is 3.42. The number of nitrogens with one attached hydrogen (secondary N) is 1. The SMILES string of the molecule is C[C@@H](Cn1cccn1)NC(=O)C1CCN(S(C)(=O)=O)CC1. The molecule has 1 aromatic rings. The Hall–Kier alpha value is -1.41. The molecule has 2 heterocycles. The Kier molecular flexibility index (Phi) is 5.00. The molecule has 1 aliphatic rings. The Balaban J connectivity index is 1.79. The zero-order chi connectivity index (χ0) is 15.5. The lowest BCUT2D eigenvalue weighted by molar-refractivity contribution is -0.126. The van der Waals surface area contributed by atoms with E-state index in [1.807, 2.05) is 19.2 Å². The molecule has 118 valence electrons. The van der Waals surface area contributed by atoms with Crippen LogP contribution in [-0.4, -0.2) is 53.8 Å². The third kappa shape index (κ3) is 4.53. The average Bonchev–Trinajstić information content (AvgIpc) is 2.90. The molecule has 1 amide bonds. The minimum atomic E-state index is -3.14. The Morgan fingerprint density at radius 2 is 2.10 bits per heavy atom. The van der Waals surface area contributed by atoms with Crippen LogP contribution in [0, 0.1) is 5.92 Å². The summed E-state index contributed by atoms with van der Waals surface area (Å²) in [6.45, 7) is 3.40. The van der Waals surface area contributed by atoms with Crippen molar-refractivity contribution in [3.63, 3.8) is 0 Å². The highest BCUT2D eigenvalue weighted by Crippen LogP contribution is 2.19. The molecule has 2 rings (SSSR count). The van der Waals surface area contributed by atoms with E-state index in [1.165, 1.54) is 10.6 Å². The quantitative estimate of drug-likeness (QED) is 0.833. The van der Waals surface area contributed by atoms with Crippen LogP contribution in [-0.2, 0) is 21.4 Å². The molecular formula is C13H22N4O3S. The van der Waals surface area contributed by atoms with Gasteiger partial charge in [-0.1, -0.05) is 0 Å². The van der Waals surface area contributed by atoms with Crippen molar-refractivity contribution in [1.82, 2.24) is 19.4 Å². The summed E-state index contributed by atoms with van der Waals surface area (Å²) >= 11 is 0. The molecule has 1 N–H and O–H groups in total. The van der Waals surface area contributed by atoms with E-state index in [0.29, 0.717) is 32.5 Å². The molecule has 0 saturated carbocycles. The van der Waals surface area contributed by atoms with Gasteiger partial charge in [0.1, 0.15) is 0 Å². The van der Waals surface area contributed by atoms with E-state index in [4.69, 9.17) is 0 Å². The molecule has 1 saturated heterocycles. The number of aromatic nitrogens is 2. The summed E-state index contributed by atoms with van der Waals surface area (Å²) in [5.74, 6) is -0.106. The highest BCUT2D eigenvalue weighted by molar-refractivity contribution is 7.88. The first-order valence-electron chi connectivity index (χ1n) is 7.09. The van der Waals surface area contributed by atoms with Gasteiger partial charge in [-0.05, 0) is 25.8 Å². The monoisotopic (exact) mass is 314 g/mol. The van der Waals surface area contributed by atoms with Crippen LogP contribution in [0.3, 0.4) is 0 Å². The summed E-state index contributed by atoms with van der Waals surface area (Å²) in [6.07, 6.45) is 5.92. The molecule has 1 atom stereocenters. The maximum Gasteiger partial charge on any atom is 0.223 e. The number of carbonyl (C=O) groups excluding carboxylic acids is 1. The molecule has 0 bridgehead atoms. The van der Waals surface area contributed by atoms with Crippen LogP contribution < -0.4 is 5.32 Å². The summed E-state index contributed by atoms with van der Waals surface area (Å²) in [6, 6.07) is 1.83. The van der Waals surface area contributed by atoms with Crippen LogP contribution in [0.5, 0.6) is 0 Å². The van der Waals surface area contributed by atoms with E-state index in [1.54, 1.807) is 10.9 Å². The van der Waals surface area contributed by atoms with Gasteiger partial charge in [-0.25, -0.2) is 12.7 Å². The smallest absolute Gasteiger partial charge is 0.223 e. The van der Waals surface area contributed by atoms with Gasteiger partial charge >= 0.3 is 0 Å². The van der Waals surface area contributed by atoms with Crippen LogP contribution in [0.25, 0.3) is 0 Å². The first-order valence-corrected chi connectivity index (χ1v) is 8.94. The molecule has 21 heavy (non-hydrogen) atoms. The molecular weight excluding hydrogens is 292 g/mol. The van der Waals surface area contributed by atoms with E-state index in [9.17, 15) is 13.2 Å². The molecule has 0 radical (unpaired) electrons. The van der Waals surface area contributed by atoms with Crippen molar-refractivity contribution < 1.29 is 13.2 Å². The summed E-state index contributed by atoms with van der Waals surface area (Å²) in [4.78, 5) is 12.2. The second kappa shape index (κ2) is 6.57. The van der Waals surface area contributed by atoms with Crippen LogP contribution >= 0.6 is 0 Å². The normalized spacial score (nSPS) is 19.3. The molecule has 1 aromatic heterocycles. The number of hydrogen-bond donors (Lipinski definition) is 1. The third-order valence-corrected chi connectivity index (χ3v) is 5.01. The van der Waals surface area contributed by atoms with Gasteiger partial charge in [0.25, 0.3) is 0 Å². The Labute approximate surface area is 125 Å². The molecule has 0 aliphatic carbocycles. The van der Waals surface area contributed by atoms with Gasteiger partial charge in [0.05, 0.1) is 12.8 Å². The molecule has 8 heteroatoms. The summed E-state index contributed by atoms with van der Waals surface area (Å²) in [5.41, 5.74) is 0. The first kappa shape index (κ1) is 16.0. The maximum atomic E-state index is 12.2. The lowest BCUT2D eigenvalue weighted by Crippen LogP contribution is -2.45. The predicted molar refractivity (Wildman–Crippen MR) is 79.0 cm³/mol. The van der Waals surface area contributed by atoms with E-state index in [0.717, 1.165) is 0 Å². The van der Waals surface area contributed by atoms with Gasteiger partial charge in [-0.15, -0.1) is 0 Å². The van der Waals surface area contributed by atoms with Crippen molar-refractivity contribution in [2.24, 2.45) is 5.92 Å². The summed E-state index contributed by atoms with van der Waals surface area (Å²) in [7, 11) is -3.14. The van der Waals surface area contributed by atoms with E-state index >= 15 is 0 Å². The Morgan fingerprint density at radius 1 is 1.43 bits per heavy atom. The van der Waals surface area contributed by atoms with Gasteiger partial charge in [-0.2, -0.15) is 5.10 Å². The van der Waals surface area contributed by atoms with Crippen molar-refractivity contribution in [2.75, 3.05) is 19.3 Å². The fourth-order valence-electron chi connectivity index (χ4n) is 2.55. The fraction of sp³-hybridized carbons (Fsp3) is 0.692. The Morgan fingerprint density at radius 3 is 2.62 bits per heavy atom. The molecule has 7 nitrogen and oxygen atoms in total. The highest BCUT2D eigenvalue weighted by atomic mass is 32.2. The lowest BCUT2D eigenvalue weighted by Gasteiger charge is -2.30. The van der Waals surface area contributed by atoms with Crippen LogP contribution in [0.1, 0.15) is 19.8 Å².